The number of amides is 4. The summed E-state index contributed by atoms with van der Waals surface area (Å²) in [4.78, 5) is 37.1. The Kier molecular flexibility index (Phi) is 6.38. The molecule has 136 valence electrons. The molecule has 1 aliphatic heterocycles. The molecule has 0 saturated carbocycles. The van der Waals surface area contributed by atoms with Gasteiger partial charge in [-0.3, -0.25) is 9.59 Å². The fraction of sp³-hybridized carbons (Fsp3) is 0.500. The fourth-order valence-corrected chi connectivity index (χ4v) is 2.80. The zero-order valence-electron chi connectivity index (χ0n) is 15.0. The van der Waals surface area contributed by atoms with Crippen molar-refractivity contribution in [2.45, 2.75) is 45.7 Å². The Bertz CT molecular complexity index is 620. The molecule has 7 nitrogen and oxygen atoms in total. The molecule has 1 aromatic rings. The van der Waals surface area contributed by atoms with Gasteiger partial charge < -0.3 is 20.9 Å². The van der Waals surface area contributed by atoms with Gasteiger partial charge in [-0.15, -0.1) is 0 Å². The standard InChI is InChI=1S/C18H26N4O3/c1-12(2)19-18(25)21-16-8-10-22(11-9-16)17(24)14-4-6-15(7-5-14)20-13(3)23/h4-7,12,16H,8-11H2,1-3H3,(H,20,23)(H2,19,21,25). The van der Waals surface area contributed by atoms with Gasteiger partial charge in [-0.25, -0.2) is 4.79 Å². The van der Waals surface area contributed by atoms with Crippen LogP contribution < -0.4 is 16.0 Å². The van der Waals surface area contributed by atoms with Crippen molar-refractivity contribution < 1.29 is 14.4 Å². The van der Waals surface area contributed by atoms with Gasteiger partial charge in [0.05, 0.1) is 0 Å². The van der Waals surface area contributed by atoms with E-state index in [2.05, 4.69) is 16.0 Å². The molecule has 0 aliphatic carbocycles. The van der Waals surface area contributed by atoms with Gasteiger partial charge in [0, 0.05) is 43.3 Å². The third-order valence-electron chi connectivity index (χ3n) is 3.99. The number of hydrogen-bond donors (Lipinski definition) is 3. The first-order valence-electron chi connectivity index (χ1n) is 8.59. The number of likely N-dealkylation sites (tertiary alicyclic amines) is 1. The zero-order chi connectivity index (χ0) is 18.4. The van der Waals surface area contributed by atoms with E-state index in [0.717, 1.165) is 12.8 Å². The molecule has 2 rings (SSSR count). The summed E-state index contributed by atoms with van der Waals surface area (Å²) in [6.45, 7) is 6.49. The Morgan fingerprint density at radius 3 is 2.20 bits per heavy atom. The number of rotatable bonds is 4. The molecule has 4 amide bonds. The highest BCUT2D eigenvalue weighted by atomic mass is 16.2. The van der Waals surface area contributed by atoms with E-state index in [1.54, 1.807) is 29.2 Å². The lowest BCUT2D eigenvalue weighted by atomic mass is 10.0. The molecule has 3 N–H and O–H groups in total. The largest absolute Gasteiger partial charge is 0.338 e. The molecule has 1 saturated heterocycles. The van der Waals surface area contributed by atoms with Crippen LogP contribution in [0.4, 0.5) is 10.5 Å². The first-order valence-corrected chi connectivity index (χ1v) is 8.59. The lowest BCUT2D eigenvalue weighted by Gasteiger charge is -2.32. The average Bonchev–Trinajstić information content (AvgIpc) is 2.54. The van der Waals surface area contributed by atoms with E-state index < -0.39 is 0 Å². The second-order valence-corrected chi connectivity index (χ2v) is 6.60. The van der Waals surface area contributed by atoms with Gasteiger partial charge in [0.1, 0.15) is 0 Å². The molecule has 0 radical (unpaired) electrons. The number of nitrogens with one attached hydrogen (secondary N) is 3. The first kappa shape index (κ1) is 18.8. The number of hydrogen-bond acceptors (Lipinski definition) is 3. The van der Waals surface area contributed by atoms with Gasteiger partial charge in [-0.05, 0) is 51.0 Å². The van der Waals surface area contributed by atoms with Gasteiger partial charge in [-0.1, -0.05) is 0 Å². The first-order chi connectivity index (χ1) is 11.8. The van der Waals surface area contributed by atoms with Crippen LogP contribution >= 0.6 is 0 Å². The monoisotopic (exact) mass is 346 g/mol. The quantitative estimate of drug-likeness (QED) is 0.778. The molecule has 1 aromatic carbocycles. The summed E-state index contributed by atoms with van der Waals surface area (Å²) >= 11 is 0. The molecule has 1 heterocycles. The number of benzene rings is 1. The number of carbonyl (C=O) groups is 3. The van der Waals surface area contributed by atoms with Crippen molar-refractivity contribution in [3.8, 4) is 0 Å². The van der Waals surface area contributed by atoms with Crippen molar-refractivity contribution in [2.24, 2.45) is 0 Å². The lowest BCUT2D eigenvalue weighted by Crippen LogP contribution is -2.50. The van der Waals surface area contributed by atoms with Crippen LogP contribution in [0.5, 0.6) is 0 Å². The Labute approximate surface area is 148 Å². The molecule has 0 unspecified atom stereocenters. The van der Waals surface area contributed by atoms with E-state index in [4.69, 9.17) is 0 Å². The smallest absolute Gasteiger partial charge is 0.315 e. The third-order valence-corrected chi connectivity index (χ3v) is 3.99. The van der Waals surface area contributed by atoms with E-state index in [0.29, 0.717) is 24.3 Å². The van der Waals surface area contributed by atoms with Gasteiger partial charge in [-0.2, -0.15) is 0 Å². The predicted molar refractivity (Wildman–Crippen MR) is 96.5 cm³/mol. The maximum atomic E-state index is 12.5. The average molecular weight is 346 g/mol. The van der Waals surface area contributed by atoms with E-state index in [-0.39, 0.29) is 29.9 Å². The van der Waals surface area contributed by atoms with Crippen LogP contribution in [-0.2, 0) is 4.79 Å². The molecule has 25 heavy (non-hydrogen) atoms. The van der Waals surface area contributed by atoms with Crippen LogP contribution in [0.2, 0.25) is 0 Å². The maximum Gasteiger partial charge on any atom is 0.315 e. The normalized spacial score (nSPS) is 15.0. The molecule has 7 heteroatoms. The highest BCUT2D eigenvalue weighted by molar-refractivity contribution is 5.95. The highest BCUT2D eigenvalue weighted by Gasteiger charge is 2.24. The minimum atomic E-state index is -0.159. The Hall–Kier alpha value is -2.57. The van der Waals surface area contributed by atoms with Crippen molar-refractivity contribution in [3.63, 3.8) is 0 Å². The van der Waals surface area contributed by atoms with E-state index in [1.807, 2.05) is 13.8 Å². The summed E-state index contributed by atoms with van der Waals surface area (Å²) in [5.74, 6) is -0.172. The Balaban J connectivity index is 1.84. The van der Waals surface area contributed by atoms with Crippen LogP contribution in [0.1, 0.15) is 44.0 Å². The van der Waals surface area contributed by atoms with Gasteiger partial charge in [0.25, 0.3) is 5.91 Å². The molecule has 0 spiro atoms. The van der Waals surface area contributed by atoms with E-state index in [9.17, 15) is 14.4 Å². The Morgan fingerprint density at radius 2 is 1.68 bits per heavy atom. The second-order valence-electron chi connectivity index (χ2n) is 6.60. The summed E-state index contributed by atoms with van der Waals surface area (Å²) in [6, 6.07) is 6.90. The Morgan fingerprint density at radius 1 is 1.08 bits per heavy atom. The summed E-state index contributed by atoms with van der Waals surface area (Å²) in [5, 5.41) is 8.43. The third kappa shape index (κ3) is 5.77. The van der Waals surface area contributed by atoms with Crippen LogP contribution in [0.25, 0.3) is 0 Å². The summed E-state index contributed by atoms with van der Waals surface area (Å²) in [5.41, 5.74) is 1.26. The highest BCUT2D eigenvalue weighted by Crippen LogP contribution is 2.16. The minimum absolute atomic E-state index is 0.0283. The summed E-state index contributed by atoms with van der Waals surface area (Å²) in [7, 11) is 0. The fourth-order valence-electron chi connectivity index (χ4n) is 2.80. The SMILES string of the molecule is CC(=O)Nc1ccc(C(=O)N2CCC(NC(=O)NC(C)C)CC2)cc1. The van der Waals surface area contributed by atoms with Crippen molar-refractivity contribution in [1.29, 1.82) is 0 Å². The van der Waals surface area contributed by atoms with Crippen molar-refractivity contribution in [2.75, 3.05) is 18.4 Å². The van der Waals surface area contributed by atoms with Crippen molar-refractivity contribution in [1.82, 2.24) is 15.5 Å². The predicted octanol–water partition coefficient (Wildman–Crippen LogP) is 1.96. The summed E-state index contributed by atoms with van der Waals surface area (Å²) < 4.78 is 0. The lowest BCUT2D eigenvalue weighted by molar-refractivity contribution is -0.114. The number of carbonyl (C=O) groups excluding carboxylic acids is 3. The molecular formula is C18H26N4O3. The number of nitrogens with zero attached hydrogens (tertiary/aromatic N) is 1. The van der Waals surface area contributed by atoms with Crippen LogP contribution in [-0.4, -0.2) is 47.9 Å². The van der Waals surface area contributed by atoms with E-state index in [1.165, 1.54) is 6.92 Å². The molecule has 0 bridgehead atoms. The number of piperidine rings is 1. The van der Waals surface area contributed by atoms with Crippen LogP contribution in [0, 0.1) is 0 Å². The molecule has 0 aromatic heterocycles. The van der Waals surface area contributed by atoms with Gasteiger partial charge in [0.2, 0.25) is 5.91 Å². The van der Waals surface area contributed by atoms with Gasteiger partial charge >= 0.3 is 6.03 Å². The maximum absolute atomic E-state index is 12.5. The molecular weight excluding hydrogens is 320 g/mol. The summed E-state index contributed by atoms with van der Waals surface area (Å²) in [6.07, 6.45) is 1.47. The number of urea groups is 1. The zero-order valence-corrected chi connectivity index (χ0v) is 15.0. The number of anilines is 1. The van der Waals surface area contributed by atoms with Crippen molar-refractivity contribution in [3.05, 3.63) is 29.8 Å². The molecule has 0 atom stereocenters. The van der Waals surface area contributed by atoms with E-state index >= 15 is 0 Å². The molecule has 1 fully saturated rings. The molecule has 1 aliphatic rings. The minimum Gasteiger partial charge on any atom is -0.338 e. The topological polar surface area (TPSA) is 90.5 Å². The van der Waals surface area contributed by atoms with Crippen molar-refractivity contribution >= 4 is 23.5 Å². The van der Waals surface area contributed by atoms with Crippen LogP contribution in [0.3, 0.4) is 0 Å². The van der Waals surface area contributed by atoms with Gasteiger partial charge in [0.15, 0.2) is 0 Å². The van der Waals surface area contributed by atoms with Crippen LogP contribution in [0.15, 0.2) is 24.3 Å². The second kappa shape index (κ2) is 8.50.